The molecule has 2 N–H and O–H groups in total. The number of methoxy groups -OCH3 is 1. The fourth-order valence-corrected chi connectivity index (χ4v) is 5.03. The second-order valence-corrected chi connectivity index (χ2v) is 9.64. The molecule has 4 aromatic rings. The Bertz CT molecular complexity index is 1550. The number of aromatic nitrogens is 4. The predicted octanol–water partition coefficient (Wildman–Crippen LogP) is 4.44. The summed E-state index contributed by atoms with van der Waals surface area (Å²) in [6, 6.07) is 5.91. The van der Waals surface area contributed by atoms with Crippen molar-refractivity contribution < 1.29 is 36.9 Å². The van der Waals surface area contributed by atoms with Crippen LogP contribution in [0.5, 0.6) is 5.75 Å². The molecule has 0 saturated carbocycles. The summed E-state index contributed by atoms with van der Waals surface area (Å²) in [4.78, 5) is 16.8. The minimum absolute atomic E-state index is 0.0581. The molecule has 3 atom stereocenters. The van der Waals surface area contributed by atoms with Crippen LogP contribution < -0.4 is 10.1 Å². The average Bonchev–Trinajstić information content (AvgIpc) is 3.49. The van der Waals surface area contributed by atoms with E-state index in [1.54, 1.807) is 19.1 Å². The minimum atomic E-state index is -4.63. The van der Waals surface area contributed by atoms with Crippen LogP contribution >= 0.6 is 0 Å². The van der Waals surface area contributed by atoms with Gasteiger partial charge in [-0.1, -0.05) is 12.1 Å². The zero-order valence-electron chi connectivity index (χ0n) is 21.5. The number of halogens is 4. The Morgan fingerprint density at radius 3 is 2.75 bits per heavy atom. The highest BCUT2D eigenvalue weighted by atomic mass is 19.4. The maximum Gasteiger partial charge on any atom is 0.408 e. The molecule has 3 aromatic heterocycles. The molecule has 1 fully saturated rings. The van der Waals surface area contributed by atoms with Crippen LogP contribution in [0.1, 0.15) is 24.9 Å². The Kier molecular flexibility index (Phi) is 7.47. The quantitative estimate of drug-likeness (QED) is 0.303. The highest BCUT2D eigenvalue weighted by Gasteiger charge is 2.47. The number of alkyl halides is 3. The maximum absolute atomic E-state index is 14.3. The fourth-order valence-electron chi connectivity index (χ4n) is 5.03. The molecule has 2 unspecified atom stereocenters. The number of likely N-dealkylation sites (tertiary alicyclic amines) is 1. The van der Waals surface area contributed by atoms with Crippen LogP contribution in [0, 0.1) is 5.82 Å². The second-order valence-electron chi connectivity index (χ2n) is 9.64. The standard InChI is InChI=1S/C26H26F4N6O4/c1-14(13-39-2)40-20-10-17(27)9-15-3-5-19(32-22(15)20)24-34-33-21-6-4-16(11-36(21)24)23(26(28,29)30)35-8-7-18(12-35)31-25(37)38/h3-6,9-11,14,18,23,31H,7-8,12-13H2,1-2H3,(H,37,38)/t14?,18?,23-/m1/s1. The molecule has 0 bridgehead atoms. The molecular weight excluding hydrogens is 536 g/mol. The Morgan fingerprint density at radius 1 is 1.23 bits per heavy atom. The molecule has 14 heteroatoms. The zero-order valence-corrected chi connectivity index (χ0v) is 21.5. The van der Waals surface area contributed by atoms with E-state index in [0.717, 1.165) is 0 Å². The number of nitrogens with zero attached hydrogens (tertiary/aromatic N) is 5. The summed E-state index contributed by atoms with van der Waals surface area (Å²) in [5.74, 6) is -0.140. The first kappa shape index (κ1) is 27.5. The summed E-state index contributed by atoms with van der Waals surface area (Å²) < 4.78 is 69.6. The zero-order chi connectivity index (χ0) is 28.6. The smallest absolute Gasteiger partial charge is 0.408 e. The van der Waals surface area contributed by atoms with Crippen molar-refractivity contribution in [2.75, 3.05) is 26.8 Å². The van der Waals surface area contributed by atoms with Crippen molar-refractivity contribution in [1.82, 2.24) is 29.8 Å². The van der Waals surface area contributed by atoms with Crippen molar-refractivity contribution in [3.63, 3.8) is 0 Å². The van der Waals surface area contributed by atoms with E-state index in [9.17, 15) is 22.4 Å². The molecule has 10 nitrogen and oxygen atoms in total. The van der Waals surface area contributed by atoms with E-state index in [4.69, 9.17) is 14.6 Å². The molecule has 5 rings (SSSR count). The van der Waals surface area contributed by atoms with Crippen LogP contribution in [0.4, 0.5) is 22.4 Å². The Labute approximate surface area is 225 Å². The van der Waals surface area contributed by atoms with Gasteiger partial charge in [0.15, 0.2) is 11.5 Å². The fraction of sp³-hybridized carbons (Fsp3) is 0.385. The Balaban J connectivity index is 1.54. The summed E-state index contributed by atoms with van der Waals surface area (Å²) in [5.41, 5.74) is 0.885. The number of pyridine rings is 2. The topological polar surface area (TPSA) is 114 Å². The van der Waals surface area contributed by atoms with Crippen molar-refractivity contribution in [2.45, 2.75) is 37.7 Å². The molecule has 0 radical (unpaired) electrons. The van der Waals surface area contributed by atoms with Crippen LogP contribution in [-0.4, -0.2) is 80.8 Å². The molecule has 212 valence electrons. The number of nitrogens with one attached hydrogen (secondary N) is 1. The largest absolute Gasteiger partial charge is 0.486 e. The number of carbonyl (C=O) groups is 1. The Morgan fingerprint density at radius 2 is 2.02 bits per heavy atom. The first-order valence-electron chi connectivity index (χ1n) is 12.4. The number of rotatable bonds is 8. The molecule has 1 saturated heterocycles. The van der Waals surface area contributed by atoms with Gasteiger partial charge in [0.25, 0.3) is 0 Å². The lowest BCUT2D eigenvalue weighted by Gasteiger charge is -2.30. The summed E-state index contributed by atoms with van der Waals surface area (Å²) in [5, 5.41) is 19.9. The van der Waals surface area contributed by atoms with Gasteiger partial charge in [-0.25, -0.2) is 14.2 Å². The van der Waals surface area contributed by atoms with Gasteiger partial charge >= 0.3 is 12.3 Å². The highest BCUT2D eigenvalue weighted by molar-refractivity contribution is 5.86. The van der Waals surface area contributed by atoms with Crippen LogP contribution in [-0.2, 0) is 4.74 Å². The third-order valence-corrected chi connectivity index (χ3v) is 6.64. The molecular formula is C26H26F4N6O4. The monoisotopic (exact) mass is 562 g/mol. The first-order valence-corrected chi connectivity index (χ1v) is 12.4. The van der Waals surface area contributed by atoms with Gasteiger partial charge in [0.05, 0.1) is 6.61 Å². The second kappa shape index (κ2) is 10.8. The highest BCUT2D eigenvalue weighted by Crippen LogP contribution is 2.40. The third kappa shape index (κ3) is 5.63. The summed E-state index contributed by atoms with van der Waals surface area (Å²) in [6.45, 7) is 2.00. The van der Waals surface area contributed by atoms with Crippen molar-refractivity contribution in [1.29, 1.82) is 0 Å². The number of benzene rings is 1. The van der Waals surface area contributed by atoms with Gasteiger partial charge in [-0.2, -0.15) is 13.2 Å². The van der Waals surface area contributed by atoms with Crippen molar-refractivity contribution in [3.8, 4) is 17.3 Å². The Hall–Kier alpha value is -4.04. The van der Waals surface area contributed by atoms with E-state index in [1.165, 1.54) is 46.9 Å². The maximum atomic E-state index is 14.3. The van der Waals surface area contributed by atoms with Gasteiger partial charge < -0.3 is 19.9 Å². The van der Waals surface area contributed by atoms with Crippen LogP contribution in [0.25, 0.3) is 28.1 Å². The van der Waals surface area contributed by atoms with Gasteiger partial charge in [-0.15, -0.1) is 10.2 Å². The van der Waals surface area contributed by atoms with Crippen molar-refractivity contribution >= 4 is 22.6 Å². The average molecular weight is 563 g/mol. The van der Waals surface area contributed by atoms with Gasteiger partial charge in [-0.3, -0.25) is 9.30 Å². The van der Waals surface area contributed by atoms with Crippen LogP contribution in [0.3, 0.4) is 0 Å². The molecule has 1 aliphatic rings. The van der Waals surface area contributed by atoms with Crippen LogP contribution in [0.2, 0.25) is 0 Å². The summed E-state index contributed by atoms with van der Waals surface area (Å²) in [6.07, 6.45) is -4.73. The molecule has 4 heterocycles. The number of hydrogen-bond donors (Lipinski definition) is 2. The van der Waals surface area contributed by atoms with E-state index in [0.29, 0.717) is 22.2 Å². The lowest BCUT2D eigenvalue weighted by atomic mass is 10.1. The molecule has 1 amide bonds. The molecule has 1 aromatic carbocycles. The van der Waals surface area contributed by atoms with E-state index >= 15 is 0 Å². The number of hydrogen-bond acceptors (Lipinski definition) is 7. The third-order valence-electron chi connectivity index (χ3n) is 6.64. The summed E-state index contributed by atoms with van der Waals surface area (Å²) >= 11 is 0. The molecule has 40 heavy (non-hydrogen) atoms. The molecule has 0 spiro atoms. The number of ether oxygens (including phenoxy) is 2. The van der Waals surface area contributed by atoms with E-state index in [-0.39, 0.29) is 43.3 Å². The van der Waals surface area contributed by atoms with E-state index < -0.39 is 36.3 Å². The van der Waals surface area contributed by atoms with Gasteiger partial charge in [0.1, 0.15) is 34.9 Å². The minimum Gasteiger partial charge on any atom is -0.486 e. The van der Waals surface area contributed by atoms with E-state index in [1.807, 2.05) is 0 Å². The number of amides is 1. The first-order chi connectivity index (χ1) is 19.0. The SMILES string of the molecule is COCC(C)Oc1cc(F)cc2ccc(-c3nnc4ccc([C@@H](N5CCC(NC(=O)O)C5)C(F)(F)F)cn34)nc12. The summed E-state index contributed by atoms with van der Waals surface area (Å²) in [7, 11) is 1.52. The predicted molar refractivity (Wildman–Crippen MR) is 136 cm³/mol. The molecule has 1 aliphatic heterocycles. The number of carboxylic acid groups (broad SMARTS) is 1. The van der Waals surface area contributed by atoms with Crippen molar-refractivity contribution in [3.05, 3.63) is 54.0 Å². The lowest BCUT2D eigenvalue weighted by Crippen LogP contribution is -2.40. The normalized spacial score (nSPS) is 17.8. The number of fused-ring (bicyclic) bond motifs is 2. The molecule has 0 aliphatic carbocycles. The van der Waals surface area contributed by atoms with Gasteiger partial charge in [-0.05, 0) is 37.1 Å². The van der Waals surface area contributed by atoms with Gasteiger partial charge in [0.2, 0.25) is 0 Å². The van der Waals surface area contributed by atoms with E-state index in [2.05, 4.69) is 20.5 Å². The van der Waals surface area contributed by atoms with Crippen molar-refractivity contribution in [2.24, 2.45) is 0 Å². The van der Waals surface area contributed by atoms with Gasteiger partial charge in [0, 0.05) is 43.9 Å². The van der Waals surface area contributed by atoms with Crippen LogP contribution in [0.15, 0.2) is 42.6 Å². The lowest BCUT2D eigenvalue weighted by molar-refractivity contribution is -0.184.